The zero-order chi connectivity index (χ0) is 14.7. The highest BCUT2D eigenvalue weighted by atomic mass is 35.5. The van der Waals surface area contributed by atoms with Crippen LogP contribution in [0.1, 0.15) is 23.0 Å². The first-order valence-corrected chi connectivity index (χ1v) is 7.65. The highest BCUT2D eigenvalue weighted by Crippen LogP contribution is 2.35. The second-order valence-corrected chi connectivity index (χ2v) is 6.01. The van der Waals surface area contributed by atoms with Gasteiger partial charge in [0.15, 0.2) is 0 Å². The first kappa shape index (κ1) is 14.9. The molecule has 0 spiro atoms. The van der Waals surface area contributed by atoms with Gasteiger partial charge in [-0.1, -0.05) is 24.6 Å². The fraction of sp³-hybridized carbons (Fsp3) is 0.267. The normalized spacial score (nSPS) is 10.7. The SMILES string of the molecule is C=CCN(CCC)C(=O)c1sc2cc(Cl)ccc2c1N. The standard InChI is InChI=1S/C15H17ClN2OS/c1-3-7-18(8-4-2)15(19)14-13(17)11-6-5-10(16)9-12(11)20-14/h3,5-6,9H,1,4,7-8,17H2,2H3. The van der Waals surface area contributed by atoms with E-state index in [0.717, 1.165) is 16.5 Å². The van der Waals surface area contributed by atoms with Gasteiger partial charge in [-0.25, -0.2) is 0 Å². The Hall–Kier alpha value is -1.52. The minimum absolute atomic E-state index is 0.0402. The van der Waals surface area contributed by atoms with Crippen molar-refractivity contribution in [1.29, 1.82) is 0 Å². The van der Waals surface area contributed by atoms with E-state index < -0.39 is 0 Å². The Morgan fingerprint density at radius 1 is 1.55 bits per heavy atom. The summed E-state index contributed by atoms with van der Waals surface area (Å²) in [4.78, 5) is 14.9. The van der Waals surface area contributed by atoms with Gasteiger partial charge in [0.25, 0.3) is 5.91 Å². The molecule has 0 aliphatic rings. The first-order chi connectivity index (χ1) is 9.58. The lowest BCUT2D eigenvalue weighted by Gasteiger charge is -2.19. The van der Waals surface area contributed by atoms with Crippen LogP contribution in [0, 0.1) is 0 Å². The molecule has 0 atom stereocenters. The number of fused-ring (bicyclic) bond motifs is 1. The predicted octanol–water partition coefficient (Wildman–Crippen LogP) is 4.18. The number of thiophene rings is 1. The van der Waals surface area contributed by atoms with E-state index >= 15 is 0 Å². The maximum atomic E-state index is 12.6. The van der Waals surface area contributed by atoms with Gasteiger partial charge in [0, 0.05) is 28.2 Å². The molecule has 0 unspecified atom stereocenters. The number of benzene rings is 1. The summed E-state index contributed by atoms with van der Waals surface area (Å²) >= 11 is 7.37. The van der Waals surface area contributed by atoms with Gasteiger partial charge in [-0.05, 0) is 24.6 Å². The predicted molar refractivity (Wildman–Crippen MR) is 87.6 cm³/mol. The Morgan fingerprint density at radius 3 is 2.95 bits per heavy atom. The van der Waals surface area contributed by atoms with Gasteiger partial charge in [-0.15, -0.1) is 17.9 Å². The highest BCUT2D eigenvalue weighted by molar-refractivity contribution is 7.21. The second-order valence-electron chi connectivity index (χ2n) is 4.53. The number of anilines is 1. The molecular formula is C15H17ClN2OS. The number of rotatable bonds is 5. The molecule has 2 aromatic rings. The molecule has 2 N–H and O–H groups in total. The molecule has 0 radical (unpaired) electrons. The lowest BCUT2D eigenvalue weighted by atomic mass is 10.2. The van der Waals surface area contributed by atoms with Crippen molar-refractivity contribution in [1.82, 2.24) is 4.90 Å². The van der Waals surface area contributed by atoms with E-state index in [-0.39, 0.29) is 5.91 Å². The van der Waals surface area contributed by atoms with E-state index in [9.17, 15) is 4.79 Å². The van der Waals surface area contributed by atoms with Crippen LogP contribution in [0.15, 0.2) is 30.9 Å². The summed E-state index contributed by atoms with van der Waals surface area (Å²) in [6, 6.07) is 5.49. The van der Waals surface area contributed by atoms with Crippen LogP contribution in [0.3, 0.4) is 0 Å². The van der Waals surface area contributed by atoms with Crippen LogP contribution in [0.5, 0.6) is 0 Å². The number of carbonyl (C=O) groups excluding carboxylic acids is 1. The van der Waals surface area contributed by atoms with E-state index in [1.54, 1.807) is 17.0 Å². The van der Waals surface area contributed by atoms with E-state index in [1.165, 1.54) is 11.3 Å². The maximum Gasteiger partial charge on any atom is 0.266 e. The summed E-state index contributed by atoms with van der Waals surface area (Å²) in [5.41, 5.74) is 6.65. The molecule has 0 aliphatic carbocycles. The summed E-state index contributed by atoms with van der Waals surface area (Å²) in [7, 11) is 0. The number of nitrogens with two attached hydrogens (primary N) is 1. The number of nitrogen functional groups attached to an aromatic ring is 1. The van der Waals surface area contributed by atoms with Gasteiger partial charge < -0.3 is 10.6 Å². The molecule has 0 bridgehead atoms. The molecule has 106 valence electrons. The molecule has 3 nitrogen and oxygen atoms in total. The third kappa shape index (κ3) is 2.81. The lowest BCUT2D eigenvalue weighted by Crippen LogP contribution is -2.31. The molecule has 0 fully saturated rings. The van der Waals surface area contributed by atoms with Crippen molar-refractivity contribution < 1.29 is 4.79 Å². The van der Waals surface area contributed by atoms with Crippen LogP contribution in [0.2, 0.25) is 5.02 Å². The monoisotopic (exact) mass is 308 g/mol. The van der Waals surface area contributed by atoms with Crippen molar-refractivity contribution in [2.45, 2.75) is 13.3 Å². The molecule has 1 aromatic heterocycles. The number of hydrogen-bond acceptors (Lipinski definition) is 3. The Kier molecular flexibility index (Phi) is 4.68. The molecule has 2 rings (SSSR count). The Labute approximate surface area is 127 Å². The molecule has 0 aliphatic heterocycles. The van der Waals surface area contributed by atoms with Crippen molar-refractivity contribution in [3.05, 3.63) is 40.8 Å². The first-order valence-electron chi connectivity index (χ1n) is 6.46. The van der Waals surface area contributed by atoms with Crippen LogP contribution in [-0.2, 0) is 0 Å². The van der Waals surface area contributed by atoms with Crippen molar-refractivity contribution in [2.75, 3.05) is 18.8 Å². The number of nitrogens with zero attached hydrogens (tertiary/aromatic N) is 1. The van der Waals surface area contributed by atoms with Crippen LogP contribution in [-0.4, -0.2) is 23.9 Å². The van der Waals surface area contributed by atoms with E-state index in [0.29, 0.717) is 28.7 Å². The van der Waals surface area contributed by atoms with Crippen LogP contribution < -0.4 is 5.73 Å². The molecule has 0 saturated heterocycles. The third-order valence-corrected chi connectivity index (χ3v) is 4.41. The second kappa shape index (κ2) is 6.29. The average molecular weight is 309 g/mol. The Balaban J connectivity index is 2.43. The fourth-order valence-corrected chi connectivity index (χ4v) is 3.46. The summed E-state index contributed by atoms with van der Waals surface area (Å²) in [6.07, 6.45) is 2.63. The van der Waals surface area contributed by atoms with Gasteiger partial charge >= 0.3 is 0 Å². The fourth-order valence-electron chi connectivity index (χ4n) is 2.09. The molecule has 0 saturated carbocycles. The van der Waals surface area contributed by atoms with E-state index in [2.05, 4.69) is 6.58 Å². The van der Waals surface area contributed by atoms with Crippen LogP contribution in [0.4, 0.5) is 5.69 Å². The van der Waals surface area contributed by atoms with Crippen molar-refractivity contribution in [3.63, 3.8) is 0 Å². The zero-order valence-corrected chi connectivity index (χ0v) is 12.9. The Morgan fingerprint density at radius 2 is 2.30 bits per heavy atom. The Bertz CT molecular complexity index is 651. The van der Waals surface area contributed by atoms with E-state index in [1.807, 2.05) is 19.1 Å². The average Bonchev–Trinajstić information content (AvgIpc) is 2.74. The number of amides is 1. The number of halogens is 1. The number of carbonyl (C=O) groups is 1. The van der Waals surface area contributed by atoms with Crippen LogP contribution in [0.25, 0.3) is 10.1 Å². The van der Waals surface area contributed by atoms with Gasteiger partial charge in [-0.3, -0.25) is 4.79 Å². The molecule has 1 aromatic carbocycles. The van der Waals surface area contributed by atoms with Gasteiger partial charge in [0.2, 0.25) is 0 Å². The summed E-state index contributed by atoms with van der Waals surface area (Å²) < 4.78 is 0.938. The summed E-state index contributed by atoms with van der Waals surface area (Å²) in [5.74, 6) is -0.0402. The van der Waals surface area contributed by atoms with Gasteiger partial charge in [0.05, 0.1) is 5.69 Å². The third-order valence-electron chi connectivity index (χ3n) is 3.01. The van der Waals surface area contributed by atoms with Crippen molar-refractivity contribution in [3.8, 4) is 0 Å². The minimum Gasteiger partial charge on any atom is -0.397 e. The molecule has 1 amide bonds. The molecule has 20 heavy (non-hydrogen) atoms. The molecule has 1 heterocycles. The van der Waals surface area contributed by atoms with Crippen molar-refractivity contribution in [2.24, 2.45) is 0 Å². The smallest absolute Gasteiger partial charge is 0.266 e. The maximum absolute atomic E-state index is 12.6. The number of hydrogen-bond donors (Lipinski definition) is 1. The minimum atomic E-state index is -0.0402. The summed E-state index contributed by atoms with van der Waals surface area (Å²) in [6.45, 7) is 6.96. The molecule has 5 heteroatoms. The quantitative estimate of drug-likeness (QED) is 0.842. The largest absolute Gasteiger partial charge is 0.397 e. The topological polar surface area (TPSA) is 46.3 Å². The highest BCUT2D eigenvalue weighted by Gasteiger charge is 2.21. The van der Waals surface area contributed by atoms with E-state index in [4.69, 9.17) is 17.3 Å². The van der Waals surface area contributed by atoms with Gasteiger partial charge in [0.1, 0.15) is 4.88 Å². The van der Waals surface area contributed by atoms with Gasteiger partial charge in [-0.2, -0.15) is 0 Å². The lowest BCUT2D eigenvalue weighted by molar-refractivity contribution is 0.0780. The van der Waals surface area contributed by atoms with Crippen LogP contribution >= 0.6 is 22.9 Å². The zero-order valence-electron chi connectivity index (χ0n) is 11.4. The molecular weight excluding hydrogens is 292 g/mol. The van der Waals surface area contributed by atoms with Crippen molar-refractivity contribution >= 4 is 44.6 Å². The summed E-state index contributed by atoms with van der Waals surface area (Å²) in [5, 5.41) is 1.53.